The molecule has 1 aliphatic heterocycles. The van der Waals surface area contributed by atoms with E-state index in [0.29, 0.717) is 37.1 Å². The summed E-state index contributed by atoms with van der Waals surface area (Å²) in [7, 11) is 0. The average Bonchev–Trinajstić information content (AvgIpc) is 2.94. The Balaban J connectivity index is 1.17. The second-order valence-corrected chi connectivity index (χ2v) is 9.78. The summed E-state index contributed by atoms with van der Waals surface area (Å²) in [6.07, 6.45) is 5.86. The zero-order valence-electron chi connectivity index (χ0n) is 21.9. The van der Waals surface area contributed by atoms with Gasteiger partial charge in [0.2, 0.25) is 0 Å². The molecular formula is C29H40N4O4. The number of anilines is 2. The summed E-state index contributed by atoms with van der Waals surface area (Å²) >= 11 is 0. The minimum Gasteiger partial charge on any atom is -0.492 e. The fourth-order valence-corrected chi connectivity index (χ4v) is 5.07. The van der Waals surface area contributed by atoms with Crippen LogP contribution in [0.4, 0.5) is 16.2 Å². The number of nitrogens with one attached hydrogen (secondary N) is 2. The first-order chi connectivity index (χ1) is 18.1. The molecule has 2 aliphatic rings. The SMILES string of the molecule is CCOc1ccccc1NC(=O)OCCN1CCN(c2cccc(C(=O)NCC3CCCCC3)c2)CC1. The van der Waals surface area contributed by atoms with Gasteiger partial charge in [-0.15, -0.1) is 0 Å². The van der Waals surface area contributed by atoms with Crippen LogP contribution in [0, 0.1) is 5.92 Å². The molecule has 0 aromatic heterocycles. The molecule has 1 aliphatic carbocycles. The van der Waals surface area contributed by atoms with Gasteiger partial charge in [0.15, 0.2) is 0 Å². The van der Waals surface area contributed by atoms with Crippen molar-refractivity contribution in [1.82, 2.24) is 10.2 Å². The highest BCUT2D eigenvalue weighted by atomic mass is 16.5. The number of benzene rings is 2. The van der Waals surface area contributed by atoms with Gasteiger partial charge in [-0.25, -0.2) is 4.79 Å². The molecule has 2 aromatic rings. The molecule has 1 saturated heterocycles. The molecule has 0 spiro atoms. The number of hydrogen-bond donors (Lipinski definition) is 2. The molecule has 1 heterocycles. The predicted molar refractivity (Wildman–Crippen MR) is 147 cm³/mol. The van der Waals surface area contributed by atoms with Crippen LogP contribution in [0.15, 0.2) is 48.5 Å². The predicted octanol–water partition coefficient (Wildman–Crippen LogP) is 4.77. The van der Waals surface area contributed by atoms with Gasteiger partial charge in [-0.05, 0) is 56.0 Å². The van der Waals surface area contributed by atoms with E-state index in [4.69, 9.17) is 9.47 Å². The van der Waals surface area contributed by atoms with Crippen LogP contribution in [0.3, 0.4) is 0 Å². The van der Waals surface area contributed by atoms with Crippen molar-refractivity contribution in [3.05, 3.63) is 54.1 Å². The standard InChI is InChI=1S/C29H40N4O4/c1-2-36-27-14-7-6-13-26(27)31-29(35)37-20-19-32-15-17-33(18-16-32)25-12-8-11-24(21-25)28(34)30-22-23-9-4-3-5-10-23/h6-8,11-14,21,23H,2-5,9-10,15-20,22H2,1H3,(H,30,34)(H,31,35). The Morgan fingerprint density at radius 1 is 0.973 bits per heavy atom. The molecule has 2 N–H and O–H groups in total. The van der Waals surface area contributed by atoms with Crippen molar-refractivity contribution in [3.8, 4) is 5.75 Å². The van der Waals surface area contributed by atoms with Crippen LogP contribution in [-0.4, -0.2) is 69.4 Å². The second-order valence-electron chi connectivity index (χ2n) is 9.78. The van der Waals surface area contributed by atoms with Crippen LogP contribution in [-0.2, 0) is 4.74 Å². The van der Waals surface area contributed by atoms with Crippen LogP contribution in [0.2, 0.25) is 0 Å². The highest BCUT2D eigenvalue weighted by Gasteiger charge is 2.19. The smallest absolute Gasteiger partial charge is 0.411 e. The molecule has 8 heteroatoms. The largest absolute Gasteiger partial charge is 0.492 e. The molecule has 0 radical (unpaired) electrons. The van der Waals surface area contributed by atoms with Crippen molar-refractivity contribution in [2.24, 2.45) is 5.92 Å². The number of carbonyl (C=O) groups is 2. The minimum absolute atomic E-state index is 0.0189. The highest BCUT2D eigenvalue weighted by Crippen LogP contribution is 2.24. The number of nitrogens with zero attached hydrogens (tertiary/aromatic N) is 2. The van der Waals surface area contributed by atoms with Gasteiger partial charge in [0.05, 0.1) is 12.3 Å². The van der Waals surface area contributed by atoms with E-state index in [1.807, 2.05) is 43.3 Å². The lowest BCUT2D eigenvalue weighted by Gasteiger charge is -2.36. The molecule has 37 heavy (non-hydrogen) atoms. The number of ether oxygens (including phenoxy) is 2. The van der Waals surface area contributed by atoms with Gasteiger partial charge in [0.25, 0.3) is 5.91 Å². The van der Waals surface area contributed by atoms with Crippen LogP contribution >= 0.6 is 0 Å². The first-order valence-corrected chi connectivity index (χ1v) is 13.6. The molecule has 0 atom stereocenters. The molecule has 0 bridgehead atoms. The normalized spacial score (nSPS) is 16.7. The Hall–Kier alpha value is -3.26. The Morgan fingerprint density at radius 2 is 1.76 bits per heavy atom. The maximum atomic E-state index is 12.7. The number of amides is 2. The number of hydrogen-bond acceptors (Lipinski definition) is 6. The summed E-state index contributed by atoms with van der Waals surface area (Å²) in [6.45, 7) is 7.67. The summed E-state index contributed by atoms with van der Waals surface area (Å²) in [5, 5.41) is 5.90. The third-order valence-corrected chi connectivity index (χ3v) is 7.19. The lowest BCUT2D eigenvalue weighted by Crippen LogP contribution is -2.47. The van der Waals surface area contributed by atoms with Crippen LogP contribution in [0.1, 0.15) is 49.4 Å². The lowest BCUT2D eigenvalue weighted by atomic mass is 9.89. The topological polar surface area (TPSA) is 83.1 Å². The molecule has 4 rings (SSSR count). The lowest BCUT2D eigenvalue weighted by molar-refractivity contribution is 0.0943. The van der Waals surface area contributed by atoms with E-state index in [1.165, 1.54) is 32.1 Å². The molecule has 200 valence electrons. The van der Waals surface area contributed by atoms with E-state index in [-0.39, 0.29) is 5.91 Å². The Labute approximate surface area is 220 Å². The van der Waals surface area contributed by atoms with Gasteiger partial charge in [-0.2, -0.15) is 0 Å². The molecule has 2 amide bonds. The summed E-state index contributed by atoms with van der Waals surface area (Å²) in [4.78, 5) is 29.5. The Kier molecular flexibility index (Phi) is 10.1. The summed E-state index contributed by atoms with van der Waals surface area (Å²) in [5.74, 6) is 1.27. The monoisotopic (exact) mass is 508 g/mol. The number of piperazine rings is 1. The minimum atomic E-state index is -0.482. The van der Waals surface area contributed by atoms with Crippen molar-refractivity contribution in [3.63, 3.8) is 0 Å². The third-order valence-electron chi connectivity index (χ3n) is 7.19. The first-order valence-electron chi connectivity index (χ1n) is 13.6. The molecule has 0 unspecified atom stereocenters. The van der Waals surface area contributed by atoms with Crippen LogP contribution in [0.25, 0.3) is 0 Å². The molecule has 2 fully saturated rings. The van der Waals surface area contributed by atoms with Crippen molar-refractivity contribution >= 4 is 23.4 Å². The number of rotatable bonds is 10. The van der Waals surface area contributed by atoms with Gasteiger partial charge in [-0.1, -0.05) is 37.5 Å². The first kappa shape index (κ1) is 26.8. The zero-order valence-corrected chi connectivity index (χ0v) is 21.9. The van der Waals surface area contributed by atoms with E-state index >= 15 is 0 Å². The number of carbonyl (C=O) groups excluding carboxylic acids is 2. The van der Waals surface area contributed by atoms with E-state index < -0.39 is 6.09 Å². The Morgan fingerprint density at radius 3 is 2.54 bits per heavy atom. The summed E-state index contributed by atoms with van der Waals surface area (Å²) in [5.41, 5.74) is 2.41. The van der Waals surface area contributed by atoms with Crippen molar-refractivity contribution in [2.75, 3.05) is 62.7 Å². The van der Waals surface area contributed by atoms with E-state index in [1.54, 1.807) is 6.07 Å². The van der Waals surface area contributed by atoms with Gasteiger partial charge in [0.1, 0.15) is 12.4 Å². The van der Waals surface area contributed by atoms with Gasteiger partial charge < -0.3 is 19.7 Å². The average molecular weight is 509 g/mol. The zero-order chi connectivity index (χ0) is 25.9. The van der Waals surface area contributed by atoms with Gasteiger partial charge in [0, 0.05) is 50.5 Å². The molecule has 2 aromatic carbocycles. The van der Waals surface area contributed by atoms with Gasteiger partial charge >= 0.3 is 6.09 Å². The van der Waals surface area contributed by atoms with Gasteiger partial charge in [-0.3, -0.25) is 15.0 Å². The number of para-hydroxylation sites is 2. The van der Waals surface area contributed by atoms with Crippen molar-refractivity contribution in [2.45, 2.75) is 39.0 Å². The third kappa shape index (κ3) is 8.12. The summed E-state index contributed by atoms with van der Waals surface area (Å²) < 4.78 is 10.9. The quantitative estimate of drug-likeness (QED) is 0.481. The Bertz CT molecular complexity index is 1020. The summed E-state index contributed by atoms with van der Waals surface area (Å²) in [6, 6.07) is 15.2. The maximum Gasteiger partial charge on any atom is 0.411 e. The van der Waals surface area contributed by atoms with E-state index in [0.717, 1.165) is 44.0 Å². The maximum absolute atomic E-state index is 12.7. The van der Waals surface area contributed by atoms with Crippen molar-refractivity contribution in [1.29, 1.82) is 0 Å². The second kappa shape index (κ2) is 13.9. The fraction of sp³-hybridized carbons (Fsp3) is 0.517. The fourth-order valence-electron chi connectivity index (χ4n) is 5.07. The highest BCUT2D eigenvalue weighted by molar-refractivity contribution is 5.95. The van der Waals surface area contributed by atoms with E-state index in [2.05, 4.69) is 26.5 Å². The van der Waals surface area contributed by atoms with Crippen molar-refractivity contribution < 1.29 is 19.1 Å². The van der Waals surface area contributed by atoms with E-state index in [9.17, 15) is 9.59 Å². The molecular weight excluding hydrogens is 468 g/mol. The van der Waals surface area contributed by atoms with Crippen LogP contribution < -0.4 is 20.3 Å². The molecule has 1 saturated carbocycles. The molecule has 8 nitrogen and oxygen atoms in total. The van der Waals surface area contributed by atoms with Crippen LogP contribution in [0.5, 0.6) is 5.75 Å².